The second-order valence-electron chi connectivity index (χ2n) is 5.97. The number of benzene rings is 1. The van der Waals surface area contributed by atoms with E-state index >= 15 is 0 Å². The Kier molecular flexibility index (Phi) is 4.25. The van der Waals surface area contributed by atoms with E-state index in [1.807, 2.05) is 12.1 Å². The highest BCUT2D eigenvalue weighted by Crippen LogP contribution is 2.37. The minimum Gasteiger partial charge on any atom is -0.325 e. The zero-order valence-corrected chi connectivity index (χ0v) is 12.6. The summed E-state index contributed by atoms with van der Waals surface area (Å²) in [5, 5.41) is 1.42. The second kappa shape index (κ2) is 5.40. The van der Waals surface area contributed by atoms with Crippen molar-refractivity contribution in [1.82, 2.24) is 0 Å². The van der Waals surface area contributed by atoms with Gasteiger partial charge in [0.2, 0.25) is 0 Å². The van der Waals surface area contributed by atoms with E-state index in [0.29, 0.717) is 10.9 Å². The Morgan fingerprint density at radius 3 is 2.61 bits per heavy atom. The van der Waals surface area contributed by atoms with Crippen molar-refractivity contribution in [3.8, 4) is 0 Å². The van der Waals surface area contributed by atoms with Crippen LogP contribution < -0.4 is 5.73 Å². The van der Waals surface area contributed by atoms with Gasteiger partial charge in [-0.15, -0.1) is 0 Å². The molecule has 18 heavy (non-hydrogen) atoms. The number of hydrogen-bond acceptors (Lipinski definition) is 1. The average Bonchev–Trinajstić information content (AvgIpc) is 2.28. The lowest BCUT2D eigenvalue weighted by Gasteiger charge is -2.40. The Morgan fingerprint density at radius 2 is 2.00 bits per heavy atom. The molecule has 3 heteroatoms. The van der Waals surface area contributed by atoms with Crippen molar-refractivity contribution in [2.24, 2.45) is 17.6 Å². The van der Waals surface area contributed by atoms with E-state index in [4.69, 9.17) is 28.9 Å². The lowest BCUT2D eigenvalue weighted by Crippen LogP contribution is -2.47. The number of halogens is 2. The Hall–Kier alpha value is -0.240. The molecule has 0 aliphatic heterocycles. The van der Waals surface area contributed by atoms with E-state index in [9.17, 15) is 0 Å². The van der Waals surface area contributed by atoms with Crippen molar-refractivity contribution in [3.05, 3.63) is 33.8 Å². The van der Waals surface area contributed by atoms with Gasteiger partial charge in [0, 0.05) is 15.6 Å². The maximum Gasteiger partial charge on any atom is 0.0453 e. The molecule has 3 atom stereocenters. The second-order valence-corrected chi connectivity index (χ2v) is 6.82. The van der Waals surface area contributed by atoms with Gasteiger partial charge in [0.05, 0.1) is 0 Å². The van der Waals surface area contributed by atoms with Crippen LogP contribution in [0.15, 0.2) is 18.2 Å². The van der Waals surface area contributed by atoms with Gasteiger partial charge in [-0.25, -0.2) is 0 Å². The maximum atomic E-state index is 6.56. The zero-order valence-electron chi connectivity index (χ0n) is 11.0. The summed E-state index contributed by atoms with van der Waals surface area (Å²) < 4.78 is 0. The van der Waals surface area contributed by atoms with Crippen LogP contribution in [-0.4, -0.2) is 5.54 Å². The summed E-state index contributed by atoms with van der Waals surface area (Å²) in [6.07, 6.45) is 4.22. The molecule has 3 unspecified atom stereocenters. The molecule has 100 valence electrons. The Balaban J connectivity index is 2.13. The molecular formula is C15H21Cl2N. The predicted octanol–water partition coefficient (Wildman–Crippen LogP) is 4.69. The lowest BCUT2D eigenvalue weighted by molar-refractivity contribution is 0.176. The molecule has 0 radical (unpaired) electrons. The third-order valence-electron chi connectivity index (χ3n) is 4.36. The van der Waals surface area contributed by atoms with Gasteiger partial charge in [-0.2, -0.15) is 0 Å². The van der Waals surface area contributed by atoms with Crippen LogP contribution in [0.1, 0.15) is 38.7 Å². The molecule has 1 aliphatic rings. The number of rotatable bonds is 2. The molecule has 2 rings (SSSR count). The van der Waals surface area contributed by atoms with E-state index in [2.05, 4.69) is 13.8 Å². The van der Waals surface area contributed by atoms with Gasteiger partial charge in [-0.3, -0.25) is 0 Å². The summed E-state index contributed by atoms with van der Waals surface area (Å²) in [6.45, 7) is 4.62. The number of nitrogens with two attached hydrogens (primary N) is 1. The third kappa shape index (κ3) is 3.20. The van der Waals surface area contributed by atoms with Crippen molar-refractivity contribution >= 4 is 23.2 Å². The largest absolute Gasteiger partial charge is 0.325 e. The van der Waals surface area contributed by atoms with Crippen molar-refractivity contribution in [2.45, 2.75) is 45.1 Å². The lowest BCUT2D eigenvalue weighted by atomic mass is 9.69. The van der Waals surface area contributed by atoms with E-state index in [-0.39, 0.29) is 5.54 Å². The van der Waals surface area contributed by atoms with Gasteiger partial charge in [0.1, 0.15) is 0 Å². The van der Waals surface area contributed by atoms with E-state index in [1.54, 1.807) is 6.07 Å². The molecule has 0 bridgehead atoms. The molecule has 2 N–H and O–H groups in total. The molecule has 0 heterocycles. The summed E-state index contributed by atoms with van der Waals surface area (Å²) in [6, 6.07) is 5.69. The fraction of sp³-hybridized carbons (Fsp3) is 0.600. The SMILES string of the molecule is CC1CCC(N)(Cc2ccc(Cl)cc2Cl)CC1C. The summed E-state index contributed by atoms with van der Waals surface area (Å²) >= 11 is 12.2. The first-order chi connectivity index (χ1) is 8.39. The van der Waals surface area contributed by atoms with Crippen LogP contribution >= 0.6 is 23.2 Å². The molecule has 1 saturated carbocycles. The van der Waals surface area contributed by atoms with Gasteiger partial charge in [0.15, 0.2) is 0 Å². The van der Waals surface area contributed by atoms with E-state index in [0.717, 1.165) is 35.8 Å². The first kappa shape index (κ1) is 14.2. The standard InChI is InChI=1S/C15H21Cl2N/c1-10-5-6-15(18,8-11(10)2)9-12-3-4-13(16)7-14(12)17/h3-4,7,10-11H,5-6,8-9,18H2,1-2H3. The van der Waals surface area contributed by atoms with Crippen molar-refractivity contribution < 1.29 is 0 Å². The highest BCUT2D eigenvalue weighted by molar-refractivity contribution is 6.35. The van der Waals surface area contributed by atoms with Gasteiger partial charge < -0.3 is 5.73 Å². The molecule has 1 nitrogen and oxygen atoms in total. The minimum absolute atomic E-state index is 0.108. The minimum atomic E-state index is -0.108. The molecule has 1 aromatic carbocycles. The normalized spacial score (nSPS) is 32.5. The fourth-order valence-electron chi connectivity index (χ4n) is 2.95. The third-order valence-corrected chi connectivity index (χ3v) is 4.94. The predicted molar refractivity (Wildman–Crippen MR) is 79.3 cm³/mol. The summed E-state index contributed by atoms with van der Waals surface area (Å²) in [7, 11) is 0. The Bertz CT molecular complexity index is 433. The highest BCUT2D eigenvalue weighted by atomic mass is 35.5. The van der Waals surface area contributed by atoms with Crippen LogP contribution in [-0.2, 0) is 6.42 Å². The van der Waals surface area contributed by atoms with Crippen LogP contribution in [0.25, 0.3) is 0 Å². The first-order valence-corrected chi connectivity index (χ1v) is 7.38. The quantitative estimate of drug-likeness (QED) is 0.838. The van der Waals surface area contributed by atoms with Crippen LogP contribution in [0.4, 0.5) is 0 Å². The van der Waals surface area contributed by atoms with Gasteiger partial charge in [0.25, 0.3) is 0 Å². The molecular weight excluding hydrogens is 265 g/mol. The van der Waals surface area contributed by atoms with Crippen LogP contribution in [0.2, 0.25) is 10.0 Å². The highest BCUT2D eigenvalue weighted by Gasteiger charge is 2.34. The zero-order chi connectivity index (χ0) is 13.3. The van der Waals surface area contributed by atoms with Crippen molar-refractivity contribution in [3.63, 3.8) is 0 Å². The van der Waals surface area contributed by atoms with Crippen molar-refractivity contribution in [1.29, 1.82) is 0 Å². The van der Waals surface area contributed by atoms with Gasteiger partial charge in [-0.1, -0.05) is 43.1 Å². The van der Waals surface area contributed by atoms with E-state index < -0.39 is 0 Å². The molecule has 1 aliphatic carbocycles. The molecule has 0 amide bonds. The average molecular weight is 286 g/mol. The fourth-order valence-corrected chi connectivity index (χ4v) is 3.42. The van der Waals surface area contributed by atoms with Crippen LogP contribution in [0.3, 0.4) is 0 Å². The van der Waals surface area contributed by atoms with Gasteiger partial charge >= 0.3 is 0 Å². The molecule has 0 aromatic heterocycles. The van der Waals surface area contributed by atoms with Gasteiger partial charge in [-0.05, 0) is 55.2 Å². The maximum absolute atomic E-state index is 6.56. The van der Waals surface area contributed by atoms with Crippen LogP contribution in [0, 0.1) is 11.8 Å². The smallest absolute Gasteiger partial charge is 0.0453 e. The number of hydrogen-bond donors (Lipinski definition) is 1. The molecule has 1 fully saturated rings. The van der Waals surface area contributed by atoms with Crippen LogP contribution in [0.5, 0.6) is 0 Å². The topological polar surface area (TPSA) is 26.0 Å². The molecule has 0 spiro atoms. The summed E-state index contributed by atoms with van der Waals surface area (Å²) in [5.74, 6) is 1.47. The molecule has 1 aromatic rings. The Labute approximate surface area is 120 Å². The molecule has 0 saturated heterocycles. The summed E-state index contributed by atoms with van der Waals surface area (Å²) in [5.41, 5.74) is 7.57. The van der Waals surface area contributed by atoms with E-state index in [1.165, 1.54) is 6.42 Å². The monoisotopic (exact) mass is 285 g/mol. The van der Waals surface area contributed by atoms with Crippen molar-refractivity contribution in [2.75, 3.05) is 0 Å². The summed E-state index contributed by atoms with van der Waals surface area (Å²) in [4.78, 5) is 0. The Morgan fingerprint density at radius 1 is 1.28 bits per heavy atom. The first-order valence-electron chi connectivity index (χ1n) is 6.62.